The normalized spacial score (nSPS) is 16.1. The van der Waals surface area contributed by atoms with Gasteiger partial charge in [-0.05, 0) is 53.7 Å². The molecule has 0 saturated heterocycles. The first-order valence-electron chi connectivity index (χ1n) is 7.82. The van der Waals surface area contributed by atoms with Gasteiger partial charge in [-0.2, -0.15) is 0 Å². The molecule has 0 heterocycles. The summed E-state index contributed by atoms with van der Waals surface area (Å²) < 4.78 is 0. The van der Waals surface area contributed by atoms with E-state index >= 15 is 0 Å². The Morgan fingerprint density at radius 3 is 1.47 bits per heavy atom. The molecule has 0 aromatic heterocycles. The van der Waals surface area contributed by atoms with Crippen molar-refractivity contribution < 1.29 is 5.11 Å². The maximum absolute atomic E-state index is 10.6. The van der Waals surface area contributed by atoms with Crippen LogP contribution < -0.4 is 0 Å². The second-order valence-electron chi connectivity index (χ2n) is 5.98. The number of aromatic hydroxyl groups is 1. The molecule has 0 radical (unpaired) electrons. The van der Waals surface area contributed by atoms with Gasteiger partial charge in [-0.15, -0.1) is 0 Å². The molecule has 1 aromatic carbocycles. The highest BCUT2D eigenvalue weighted by Gasteiger charge is 2.19. The summed E-state index contributed by atoms with van der Waals surface area (Å²) in [5.41, 5.74) is 3.65. The Bertz CT molecular complexity index is 377. The van der Waals surface area contributed by atoms with Gasteiger partial charge in [-0.1, -0.05) is 53.7 Å². The number of hydrogen-bond donors (Lipinski definition) is 1. The van der Waals surface area contributed by atoms with Crippen molar-refractivity contribution in [3.05, 3.63) is 28.8 Å². The average Bonchev–Trinajstić information content (AvgIpc) is 2.44. The second kappa shape index (κ2) is 6.98. The molecular weight excluding hydrogens is 232 g/mol. The highest BCUT2D eigenvalue weighted by atomic mass is 16.3. The van der Waals surface area contributed by atoms with Crippen LogP contribution in [0.1, 0.15) is 95.2 Å². The lowest BCUT2D eigenvalue weighted by Crippen LogP contribution is -2.03. The molecule has 0 aliphatic rings. The van der Waals surface area contributed by atoms with Crippen LogP contribution in [-0.4, -0.2) is 5.11 Å². The molecule has 0 saturated carbocycles. The molecule has 1 nitrogen and oxygen atoms in total. The molecular formula is C18H30O. The first-order chi connectivity index (χ1) is 8.96. The van der Waals surface area contributed by atoms with Gasteiger partial charge < -0.3 is 5.11 Å². The number of phenols is 1. The Balaban J connectivity index is 3.37. The minimum absolute atomic E-state index is 0.423. The average molecular weight is 262 g/mol. The maximum Gasteiger partial charge on any atom is 0.122 e. The van der Waals surface area contributed by atoms with Crippen molar-refractivity contribution in [3.63, 3.8) is 0 Å². The fraction of sp³-hybridized carbons (Fsp3) is 0.667. The Kier molecular flexibility index (Phi) is 5.90. The third kappa shape index (κ3) is 3.52. The van der Waals surface area contributed by atoms with Gasteiger partial charge in [0.25, 0.3) is 0 Å². The highest BCUT2D eigenvalue weighted by molar-refractivity contribution is 5.47. The fourth-order valence-electron chi connectivity index (χ4n) is 2.42. The minimum atomic E-state index is 0.423. The Morgan fingerprint density at radius 1 is 0.789 bits per heavy atom. The molecule has 0 fully saturated rings. The van der Waals surface area contributed by atoms with Crippen LogP contribution in [0.15, 0.2) is 12.1 Å². The largest absolute Gasteiger partial charge is 0.507 e. The van der Waals surface area contributed by atoms with Crippen LogP contribution in [0.3, 0.4) is 0 Å². The van der Waals surface area contributed by atoms with E-state index in [1.165, 1.54) is 5.56 Å². The molecule has 1 aromatic rings. The molecule has 19 heavy (non-hydrogen) atoms. The van der Waals surface area contributed by atoms with Gasteiger partial charge in [-0.3, -0.25) is 0 Å². The van der Waals surface area contributed by atoms with Gasteiger partial charge in [0.05, 0.1) is 0 Å². The van der Waals surface area contributed by atoms with Gasteiger partial charge in [0.1, 0.15) is 5.75 Å². The van der Waals surface area contributed by atoms with Gasteiger partial charge in [0.15, 0.2) is 0 Å². The van der Waals surface area contributed by atoms with Crippen LogP contribution in [0.4, 0.5) is 0 Å². The number of rotatable bonds is 6. The Labute approximate surface area is 119 Å². The monoisotopic (exact) mass is 262 g/mol. The zero-order valence-electron chi connectivity index (χ0n) is 13.5. The fourth-order valence-corrected chi connectivity index (χ4v) is 2.42. The molecule has 0 bridgehead atoms. The number of phenolic OH excluding ortho intramolecular Hbond substituents is 1. The van der Waals surface area contributed by atoms with E-state index in [9.17, 15) is 5.11 Å². The van der Waals surface area contributed by atoms with Crippen LogP contribution in [0.2, 0.25) is 0 Å². The van der Waals surface area contributed by atoms with E-state index in [2.05, 4.69) is 53.7 Å². The van der Waals surface area contributed by atoms with Crippen molar-refractivity contribution in [2.45, 2.75) is 78.6 Å². The summed E-state index contributed by atoms with van der Waals surface area (Å²) in [6.45, 7) is 13.3. The third-order valence-electron chi connectivity index (χ3n) is 4.66. The summed E-state index contributed by atoms with van der Waals surface area (Å²) in [5.74, 6) is 1.94. The van der Waals surface area contributed by atoms with Crippen molar-refractivity contribution in [1.82, 2.24) is 0 Å². The van der Waals surface area contributed by atoms with E-state index in [-0.39, 0.29) is 0 Å². The first kappa shape index (κ1) is 16.1. The molecule has 0 aliphatic carbocycles. The van der Waals surface area contributed by atoms with Gasteiger partial charge in [-0.25, -0.2) is 0 Å². The molecule has 3 unspecified atom stereocenters. The molecule has 108 valence electrons. The van der Waals surface area contributed by atoms with Crippen molar-refractivity contribution in [1.29, 1.82) is 0 Å². The zero-order valence-corrected chi connectivity index (χ0v) is 13.5. The summed E-state index contributed by atoms with van der Waals surface area (Å²) >= 11 is 0. The number of hydrogen-bond acceptors (Lipinski definition) is 1. The predicted molar refractivity (Wildman–Crippen MR) is 84.2 cm³/mol. The standard InChI is InChI=1S/C18H30O/c1-7-12(4)15-10-16(13(5)8-2)18(19)17(11-15)14(6)9-3/h10-14,19H,7-9H2,1-6H3. The minimum Gasteiger partial charge on any atom is -0.507 e. The van der Waals surface area contributed by atoms with Gasteiger partial charge >= 0.3 is 0 Å². The highest BCUT2D eigenvalue weighted by Crippen LogP contribution is 2.39. The van der Waals surface area contributed by atoms with E-state index in [0.29, 0.717) is 23.5 Å². The van der Waals surface area contributed by atoms with E-state index in [1.807, 2.05) is 0 Å². The van der Waals surface area contributed by atoms with Crippen LogP contribution in [0.5, 0.6) is 5.75 Å². The predicted octanol–water partition coefficient (Wildman–Crippen LogP) is 5.93. The number of benzene rings is 1. The zero-order chi connectivity index (χ0) is 14.6. The lowest BCUT2D eigenvalue weighted by molar-refractivity contribution is 0.448. The molecule has 1 heteroatoms. The molecule has 1 rings (SSSR count). The summed E-state index contributed by atoms with van der Waals surface area (Å²) in [6, 6.07) is 4.45. The van der Waals surface area contributed by atoms with Crippen LogP contribution in [-0.2, 0) is 0 Å². The quantitative estimate of drug-likeness (QED) is 0.673. The SMILES string of the molecule is CCC(C)c1cc(C(C)CC)c(O)c(C(C)CC)c1. The van der Waals surface area contributed by atoms with E-state index < -0.39 is 0 Å². The van der Waals surface area contributed by atoms with Crippen LogP contribution in [0, 0.1) is 0 Å². The van der Waals surface area contributed by atoms with E-state index in [4.69, 9.17) is 0 Å². The van der Waals surface area contributed by atoms with Crippen molar-refractivity contribution in [2.75, 3.05) is 0 Å². The Hall–Kier alpha value is -0.980. The van der Waals surface area contributed by atoms with Gasteiger partial charge in [0.2, 0.25) is 0 Å². The third-order valence-corrected chi connectivity index (χ3v) is 4.66. The molecule has 0 amide bonds. The van der Waals surface area contributed by atoms with Crippen LogP contribution >= 0.6 is 0 Å². The molecule has 0 spiro atoms. The van der Waals surface area contributed by atoms with Crippen molar-refractivity contribution in [3.8, 4) is 5.75 Å². The lowest BCUT2D eigenvalue weighted by Gasteiger charge is -2.22. The molecule has 0 aliphatic heterocycles. The molecule has 3 atom stereocenters. The van der Waals surface area contributed by atoms with Crippen LogP contribution in [0.25, 0.3) is 0 Å². The lowest BCUT2D eigenvalue weighted by atomic mass is 9.85. The summed E-state index contributed by atoms with van der Waals surface area (Å²) in [5, 5.41) is 10.6. The summed E-state index contributed by atoms with van der Waals surface area (Å²) in [4.78, 5) is 0. The first-order valence-corrected chi connectivity index (χ1v) is 7.82. The topological polar surface area (TPSA) is 20.2 Å². The molecule has 1 N–H and O–H groups in total. The van der Waals surface area contributed by atoms with Crippen molar-refractivity contribution in [2.24, 2.45) is 0 Å². The second-order valence-corrected chi connectivity index (χ2v) is 5.98. The van der Waals surface area contributed by atoms with Crippen molar-refractivity contribution >= 4 is 0 Å². The summed E-state index contributed by atoms with van der Waals surface area (Å²) in [6.07, 6.45) is 3.28. The summed E-state index contributed by atoms with van der Waals surface area (Å²) in [7, 11) is 0. The Morgan fingerprint density at radius 2 is 1.16 bits per heavy atom. The maximum atomic E-state index is 10.6. The van der Waals surface area contributed by atoms with Gasteiger partial charge in [0, 0.05) is 0 Å². The van der Waals surface area contributed by atoms with E-state index in [0.717, 1.165) is 30.4 Å². The smallest absolute Gasteiger partial charge is 0.122 e. The van der Waals surface area contributed by atoms with E-state index in [1.54, 1.807) is 0 Å².